The molecule has 11 rings (SSSR count). The lowest BCUT2D eigenvalue weighted by Gasteiger charge is -2.79. The number of ether oxygens (including phenoxy) is 2. The highest BCUT2D eigenvalue weighted by molar-refractivity contribution is 5.48. The lowest BCUT2D eigenvalue weighted by Crippen LogP contribution is -2.75. The molecule has 0 radical (unpaired) electrons. The lowest BCUT2D eigenvalue weighted by atomic mass is 9.25. The van der Waals surface area contributed by atoms with Gasteiger partial charge in [0.2, 0.25) is 0 Å². The van der Waals surface area contributed by atoms with Gasteiger partial charge in [-0.25, -0.2) is 0 Å². The number of hydrogen-bond acceptors (Lipinski definition) is 4. The Labute approximate surface area is 248 Å². The zero-order valence-corrected chi connectivity index (χ0v) is 23.9. The van der Waals surface area contributed by atoms with E-state index in [1.165, 1.54) is 38.5 Å². The Bertz CT molecular complexity index is 1480. The van der Waals surface area contributed by atoms with E-state index in [1.54, 1.807) is 11.1 Å². The van der Waals surface area contributed by atoms with Crippen LogP contribution in [0, 0.1) is 35.5 Å². The predicted octanol–water partition coefficient (Wildman–Crippen LogP) is 8.72. The van der Waals surface area contributed by atoms with Crippen LogP contribution in [0.25, 0.3) is 0 Å². The third kappa shape index (κ3) is 3.41. The van der Waals surface area contributed by atoms with Gasteiger partial charge in [0, 0.05) is 22.2 Å². The van der Waals surface area contributed by atoms with Crippen molar-refractivity contribution >= 4 is 11.4 Å². The first-order chi connectivity index (χ1) is 20.5. The maximum absolute atomic E-state index is 6.18. The quantitative estimate of drug-likeness (QED) is 0.234. The molecule has 0 aliphatic heterocycles. The minimum absolute atomic E-state index is 0.328. The van der Waals surface area contributed by atoms with Crippen LogP contribution in [0.1, 0.15) is 49.7 Å². The van der Waals surface area contributed by atoms with E-state index in [2.05, 4.69) is 48.5 Å². The fourth-order valence-corrected chi connectivity index (χ4v) is 11.1. The molecule has 7 aliphatic carbocycles. The highest BCUT2D eigenvalue weighted by Gasteiger charge is 2.75. The Morgan fingerprint density at radius 2 is 0.714 bits per heavy atom. The molecule has 42 heavy (non-hydrogen) atoms. The molecule has 4 nitrogen and oxygen atoms in total. The van der Waals surface area contributed by atoms with Crippen molar-refractivity contribution in [3.05, 3.63) is 108 Å². The van der Waals surface area contributed by atoms with Gasteiger partial charge in [-0.1, -0.05) is 24.3 Å². The van der Waals surface area contributed by atoms with Crippen molar-refractivity contribution in [1.82, 2.24) is 0 Å². The summed E-state index contributed by atoms with van der Waals surface area (Å²) >= 11 is 0. The van der Waals surface area contributed by atoms with Gasteiger partial charge in [0.25, 0.3) is 0 Å². The van der Waals surface area contributed by atoms with Crippen LogP contribution in [0.15, 0.2) is 97.1 Å². The van der Waals surface area contributed by atoms with E-state index < -0.39 is 0 Å². The average Bonchev–Trinajstić information content (AvgIpc) is 3.02. The van der Waals surface area contributed by atoms with E-state index in [-0.39, 0.29) is 0 Å². The molecular formula is C38H38N2O2. The summed E-state index contributed by atoms with van der Waals surface area (Å²) in [5, 5.41) is 0. The van der Waals surface area contributed by atoms with Crippen molar-refractivity contribution in [3.8, 4) is 23.0 Å². The molecule has 4 unspecified atom stereocenters. The predicted molar refractivity (Wildman–Crippen MR) is 167 cm³/mol. The first-order valence-electron chi connectivity index (χ1n) is 15.8. The van der Waals surface area contributed by atoms with E-state index in [0.717, 1.165) is 69.9 Å². The molecule has 0 spiro atoms. The van der Waals surface area contributed by atoms with Gasteiger partial charge in [-0.2, -0.15) is 0 Å². The third-order valence-corrected chi connectivity index (χ3v) is 12.2. The van der Waals surface area contributed by atoms with Gasteiger partial charge in [-0.3, -0.25) is 0 Å². The molecule has 4 heteroatoms. The summed E-state index contributed by atoms with van der Waals surface area (Å²) in [6.07, 6.45) is 8.39. The van der Waals surface area contributed by atoms with Crippen LogP contribution in [-0.2, 0) is 10.8 Å². The SMILES string of the molecule is Nc1ccc(Oc2ccc(C34CC5CC6C3CC3CC4C(C5)C6(c4ccc(Oc5ccc(N)cc5)cc4)C3)cc2)cc1. The van der Waals surface area contributed by atoms with Crippen LogP contribution in [0.2, 0.25) is 0 Å². The summed E-state index contributed by atoms with van der Waals surface area (Å²) in [6.45, 7) is 0. The highest BCUT2D eigenvalue weighted by atomic mass is 16.5. The van der Waals surface area contributed by atoms with Gasteiger partial charge in [0.15, 0.2) is 0 Å². The summed E-state index contributed by atoms with van der Waals surface area (Å²) in [4.78, 5) is 0. The number of benzene rings is 4. The molecule has 0 heterocycles. The molecule has 0 saturated heterocycles. The van der Waals surface area contributed by atoms with Crippen molar-refractivity contribution in [2.75, 3.05) is 11.5 Å². The number of hydrogen-bond donors (Lipinski definition) is 2. The van der Waals surface area contributed by atoms with Gasteiger partial charge in [0.05, 0.1) is 0 Å². The van der Waals surface area contributed by atoms with Crippen LogP contribution in [0.4, 0.5) is 11.4 Å². The second-order valence-electron chi connectivity index (χ2n) is 14.0. The minimum atomic E-state index is 0.328. The molecule has 7 fully saturated rings. The van der Waals surface area contributed by atoms with E-state index >= 15 is 0 Å². The maximum Gasteiger partial charge on any atom is 0.127 e. The molecule has 4 atom stereocenters. The third-order valence-electron chi connectivity index (χ3n) is 12.2. The molecule has 8 bridgehead atoms. The van der Waals surface area contributed by atoms with Crippen LogP contribution in [-0.4, -0.2) is 0 Å². The van der Waals surface area contributed by atoms with Crippen LogP contribution in [0.3, 0.4) is 0 Å². The van der Waals surface area contributed by atoms with E-state index in [9.17, 15) is 0 Å². The van der Waals surface area contributed by atoms with Gasteiger partial charge < -0.3 is 20.9 Å². The largest absolute Gasteiger partial charge is 0.457 e. The van der Waals surface area contributed by atoms with Gasteiger partial charge in [0.1, 0.15) is 23.0 Å². The van der Waals surface area contributed by atoms with Gasteiger partial charge in [-0.15, -0.1) is 0 Å². The van der Waals surface area contributed by atoms with Crippen LogP contribution < -0.4 is 20.9 Å². The number of nitrogens with two attached hydrogens (primary N) is 2. The fourth-order valence-electron chi connectivity index (χ4n) is 11.1. The first kappa shape index (κ1) is 24.7. The van der Waals surface area contributed by atoms with Crippen molar-refractivity contribution in [2.45, 2.75) is 49.4 Å². The lowest BCUT2D eigenvalue weighted by molar-refractivity contribution is -0.237. The summed E-state index contributed by atoms with van der Waals surface area (Å²) in [5.74, 6) is 8.27. The standard InChI is InChI=1S/C38H38N2O2/c39-27-5-13-31(14-6-27)41-29-9-1-25(2-10-29)37-21-23-19-35-33(37)17-24-18-34(37)36(20-23)38(35,22-24)26-3-11-30(12-4-26)42-32-15-7-28(40)8-16-32/h1-16,23-24,33-36H,17-22,39-40H2. The van der Waals surface area contributed by atoms with Gasteiger partial charge in [-0.05, 0) is 158 Å². The normalized spacial score (nSPS) is 35.0. The molecule has 4 aromatic rings. The Hall–Kier alpha value is -3.92. The second kappa shape index (κ2) is 8.80. The summed E-state index contributed by atoms with van der Waals surface area (Å²) < 4.78 is 12.4. The number of nitrogen functional groups attached to an aromatic ring is 2. The Morgan fingerprint density at radius 3 is 1.02 bits per heavy atom. The van der Waals surface area contributed by atoms with E-state index in [4.69, 9.17) is 20.9 Å². The van der Waals surface area contributed by atoms with Crippen LogP contribution in [0.5, 0.6) is 23.0 Å². The Balaban J connectivity index is 1.03. The smallest absolute Gasteiger partial charge is 0.127 e. The van der Waals surface area contributed by atoms with Crippen LogP contribution >= 0.6 is 0 Å². The summed E-state index contributed by atoms with van der Waals surface area (Å²) in [5.41, 5.74) is 17.0. The monoisotopic (exact) mass is 554 g/mol. The van der Waals surface area contributed by atoms with Crippen molar-refractivity contribution in [2.24, 2.45) is 35.5 Å². The molecular weight excluding hydrogens is 516 g/mol. The molecule has 212 valence electrons. The van der Waals surface area contributed by atoms with Crippen molar-refractivity contribution < 1.29 is 9.47 Å². The molecule has 4 N–H and O–H groups in total. The van der Waals surface area contributed by atoms with E-state index in [1.807, 2.05) is 48.5 Å². The first-order valence-corrected chi connectivity index (χ1v) is 15.8. The van der Waals surface area contributed by atoms with Crippen molar-refractivity contribution in [3.63, 3.8) is 0 Å². The number of rotatable bonds is 6. The highest BCUT2D eigenvalue weighted by Crippen LogP contribution is 2.80. The number of anilines is 2. The maximum atomic E-state index is 6.18. The summed E-state index contributed by atoms with van der Waals surface area (Å²) in [6, 6.07) is 33.8. The fraction of sp³-hybridized carbons (Fsp3) is 0.368. The topological polar surface area (TPSA) is 70.5 Å². The Kier molecular flexibility index (Phi) is 5.16. The molecule has 7 saturated carbocycles. The van der Waals surface area contributed by atoms with E-state index in [0.29, 0.717) is 10.8 Å². The zero-order valence-electron chi connectivity index (χ0n) is 23.9. The molecule has 0 aromatic heterocycles. The molecule has 7 aliphatic rings. The van der Waals surface area contributed by atoms with Gasteiger partial charge >= 0.3 is 0 Å². The average molecular weight is 555 g/mol. The summed E-state index contributed by atoms with van der Waals surface area (Å²) in [7, 11) is 0. The molecule has 0 amide bonds. The van der Waals surface area contributed by atoms with Crippen molar-refractivity contribution in [1.29, 1.82) is 0 Å². The molecule has 4 aromatic carbocycles. The Morgan fingerprint density at radius 1 is 0.429 bits per heavy atom. The minimum Gasteiger partial charge on any atom is -0.457 e. The second-order valence-corrected chi connectivity index (χ2v) is 14.0. The zero-order chi connectivity index (χ0) is 28.1.